The van der Waals surface area contributed by atoms with Gasteiger partial charge in [0.05, 0.1) is 12.7 Å². The molecule has 1 spiro atoms. The summed E-state index contributed by atoms with van der Waals surface area (Å²) in [6, 6.07) is 1.93. The van der Waals surface area contributed by atoms with Crippen molar-refractivity contribution in [3.05, 3.63) is 0 Å². The Labute approximate surface area is 92.4 Å². The summed E-state index contributed by atoms with van der Waals surface area (Å²) in [6.07, 6.45) is 0.0709. The summed E-state index contributed by atoms with van der Waals surface area (Å²) in [4.78, 5) is 11.5. The first-order valence-electron chi connectivity index (χ1n) is 5.33. The van der Waals surface area contributed by atoms with Crippen molar-refractivity contribution in [1.82, 2.24) is 0 Å². The van der Waals surface area contributed by atoms with Crippen LogP contribution >= 0.6 is 0 Å². The number of ether oxygens (including phenoxy) is 1. The molecule has 0 heterocycles. The number of nitriles is 1. The van der Waals surface area contributed by atoms with Gasteiger partial charge in [0.15, 0.2) is 5.41 Å². The summed E-state index contributed by atoms with van der Waals surface area (Å²) in [5.74, 6) is -3.16. The van der Waals surface area contributed by atoms with Crippen LogP contribution in [0, 0.1) is 22.2 Å². The van der Waals surface area contributed by atoms with Gasteiger partial charge >= 0.3 is 5.97 Å². The molecule has 0 saturated heterocycles. The number of hydrogen-bond acceptors (Lipinski definition) is 3. The zero-order chi connectivity index (χ0) is 12.0. The Kier molecular flexibility index (Phi) is 2.23. The molecule has 2 aliphatic rings. The maximum atomic E-state index is 12.8. The van der Waals surface area contributed by atoms with Crippen molar-refractivity contribution in [2.24, 2.45) is 10.8 Å². The van der Waals surface area contributed by atoms with E-state index in [2.05, 4.69) is 0 Å². The molecule has 2 rings (SSSR count). The van der Waals surface area contributed by atoms with Crippen LogP contribution in [0.25, 0.3) is 0 Å². The third-order valence-corrected chi connectivity index (χ3v) is 3.50. The van der Waals surface area contributed by atoms with E-state index in [1.165, 1.54) is 0 Å². The van der Waals surface area contributed by atoms with Gasteiger partial charge in [0, 0.05) is 12.8 Å². The van der Waals surface area contributed by atoms with Crippen LogP contribution in [-0.4, -0.2) is 18.5 Å². The van der Waals surface area contributed by atoms with E-state index < -0.39 is 22.7 Å². The minimum absolute atomic E-state index is 0.192. The van der Waals surface area contributed by atoms with Gasteiger partial charge in [-0.15, -0.1) is 0 Å². The molecule has 2 saturated carbocycles. The second-order valence-electron chi connectivity index (χ2n) is 4.98. The van der Waals surface area contributed by atoms with E-state index in [1.54, 1.807) is 6.92 Å². The lowest BCUT2D eigenvalue weighted by molar-refractivity contribution is -0.226. The highest BCUT2D eigenvalue weighted by atomic mass is 19.3. The molecule has 0 unspecified atom stereocenters. The first-order valence-corrected chi connectivity index (χ1v) is 5.33. The minimum Gasteiger partial charge on any atom is -0.465 e. The molecule has 0 N–H and O–H groups in total. The van der Waals surface area contributed by atoms with Gasteiger partial charge in [0.2, 0.25) is 5.92 Å². The van der Waals surface area contributed by atoms with Crippen LogP contribution in [0.5, 0.6) is 0 Å². The van der Waals surface area contributed by atoms with Gasteiger partial charge in [-0.05, 0) is 25.2 Å². The average Bonchev–Trinajstić information content (AvgIpc) is 2.09. The topological polar surface area (TPSA) is 50.1 Å². The number of hydrogen-bond donors (Lipinski definition) is 0. The molecule has 0 radical (unpaired) electrons. The largest absolute Gasteiger partial charge is 0.465 e. The molecule has 16 heavy (non-hydrogen) atoms. The van der Waals surface area contributed by atoms with Crippen molar-refractivity contribution >= 4 is 5.97 Å². The second-order valence-corrected chi connectivity index (χ2v) is 4.98. The van der Waals surface area contributed by atoms with Crippen LogP contribution in [0.2, 0.25) is 0 Å². The molecule has 2 aliphatic carbocycles. The van der Waals surface area contributed by atoms with E-state index in [-0.39, 0.29) is 32.3 Å². The number of carbonyl (C=O) groups is 1. The van der Waals surface area contributed by atoms with E-state index in [9.17, 15) is 13.6 Å². The Morgan fingerprint density at radius 2 is 1.94 bits per heavy atom. The first-order chi connectivity index (χ1) is 7.37. The molecular formula is C11H13F2NO2. The van der Waals surface area contributed by atoms with Crippen LogP contribution in [0.1, 0.15) is 32.6 Å². The highest BCUT2D eigenvalue weighted by Gasteiger charge is 2.69. The van der Waals surface area contributed by atoms with Crippen molar-refractivity contribution in [1.29, 1.82) is 5.26 Å². The molecule has 0 atom stereocenters. The van der Waals surface area contributed by atoms with Crippen LogP contribution in [0.4, 0.5) is 8.78 Å². The quantitative estimate of drug-likeness (QED) is 0.682. The Bertz CT molecular complexity index is 357. The summed E-state index contributed by atoms with van der Waals surface area (Å²) in [7, 11) is 0. The predicted molar refractivity (Wildman–Crippen MR) is 50.5 cm³/mol. The second kappa shape index (κ2) is 3.16. The minimum atomic E-state index is -2.60. The molecular weight excluding hydrogens is 216 g/mol. The SMILES string of the molecule is CCOC(=O)C1(C#N)CC2(CC(F)(F)C2)C1. The van der Waals surface area contributed by atoms with Gasteiger partial charge in [0.1, 0.15) is 0 Å². The lowest BCUT2D eigenvalue weighted by Gasteiger charge is -2.59. The van der Waals surface area contributed by atoms with Crippen LogP contribution in [0.15, 0.2) is 0 Å². The summed E-state index contributed by atoms with van der Waals surface area (Å²) in [5, 5.41) is 8.98. The number of carbonyl (C=O) groups excluding carboxylic acids is 1. The molecule has 0 bridgehead atoms. The Morgan fingerprint density at radius 3 is 2.31 bits per heavy atom. The highest BCUT2D eigenvalue weighted by Crippen LogP contribution is 2.68. The van der Waals surface area contributed by atoms with Crippen molar-refractivity contribution in [3.63, 3.8) is 0 Å². The first kappa shape index (κ1) is 11.3. The summed E-state index contributed by atoms with van der Waals surface area (Å²) < 4.78 is 30.3. The average molecular weight is 229 g/mol. The van der Waals surface area contributed by atoms with Gasteiger partial charge in [-0.2, -0.15) is 5.26 Å². The Balaban J connectivity index is 1.99. The zero-order valence-corrected chi connectivity index (χ0v) is 9.06. The molecule has 0 aromatic carbocycles. The van der Waals surface area contributed by atoms with Crippen molar-refractivity contribution < 1.29 is 18.3 Å². The maximum Gasteiger partial charge on any atom is 0.326 e. The summed E-state index contributed by atoms with van der Waals surface area (Å²) in [6.45, 7) is 1.88. The fourth-order valence-corrected chi connectivity index (χ4v) is 3.06. The zero-order valence-electron chi connectivity index (χ0n) is 9.06. The van der Waals surface area contributed by atoms with Gasteiger partial charge in [-0.1, -0.05) is 0 Å². The van der Waals surface area contributed by atoms with Crippen LogP contribution in [0.3, 0.4) is 0 Å². The lowest BCUT2D eigenvalue weighted by atomic mass is 9.44. The third kappa shape index (κ3) is 1.48. The Morgan fingerprint density at radius 1 is 1.38 bits per heavy atom. The fourth-order valence-electron chi connectivity index (χ4n) is 3.06. The number of halogens is 2. The molecule has 2 fully saturated rings. The highest BCUT2D eigenvalue weighted by molar-refractivity contribution is 5.81. The standard InChI is InChI=1S/C11H13F2NO2/c1-2-16-8(15)10(7-14)3-9(4-10)5-11(12,13)6-9/h2-6H2,1H3. The predicted octanol–water partition coefficient (Wildman–Crippen LogP) is 2.27. The molecule has 5 heteroatoms. The Hall–Kier alpha value is -1.18. The van der Waals surface area contributed by atoms with E-state index in [1.807, 2.05) is 6.07 Å². The van der Waals surface area contributed by atoms with Gasteiger partial charge in [-0.3, -0.25) is 4.79 Å². The molecule has 0 aromatic rings. The van der Waals surface area contributed by atoms with Crippen molar-refractivity contribution in [3.8, 4) is 6.07 Å². The lowest BCUT2D eigenvalue weighted by Crippen LogP contribution is -2.60. The smallest absolute Gasteiger partial charge is 0.326 e. The van der Waals surface area contributed by atoms with E-state index in [0.29, 0.717) is 0 Å². The number of esters is 1. The molecule has 3 nitrogen and oxygen atoms in total. The van der Waals surface area contributed by atoms with Crippen LogP contribution < -0.4 is 0 Å². The summed E-state index contributed by atoms with van der Waals surface area (Å²) in [5.41, 5.74) is -1.64. The monoisotopic (exact) mass is 229 g/mol. The normalized spacial score (nSPS) is 27.4. The number of rotatable bonds is 2. The van der Waals surface area contributed by atoms with Gasteiger partial charge < -0.3 is 4.74 Å². The van der Waals surface area contributed by atoms with Crippen molar-refractivity contribution in [2.75, 3.05) is 6.61 Å². The molecule has 0 aromatic heterocycles. The number of nitrogens with zero attached hydrogens (tertiary/aromatic N) is 1. The molecule has 0 amide bonds. The van der Waals surface area contributed by atoms with Gasteiger partial charge in [-0.25, -0.2) is 8.78 Å². The molecule has 88 valence electrons. The molecule has 0 aliphatic heterocycles. The third-order valence-electron chi connectivity index (χ3n) is 3.50. The van der Waals surface area contributed by atoms with Crippen LogP contribution in [-0.2, 0) is 9.53 Å². The summed E-state index contributed by atoms with van der Waals surface area (Å²) >= 11 is 0. The van der Waals surface area contributed by atoms with Crippen molar-refractivity contribution in [2.45, 2.75) is 38.5 Å². The van der Waals surface area contributed by atoms with E-state index in [4.69, 9.17) is 10.00 Å². The van der Waals surface area contributed by atoms with Gasteiger partial charge in [0.25, 0.3) is 0 Å². The van der Waals surface area contributed by atoms with E-state index in [0.717, 1.165) is 0 Å². The van der Waals surface area contributed by atoms with E-state index >= 15 is 0 Å². The fraction of sp³-hybridized carbons (Fsp3) is 0.818. The maximum absolute atomic E-state index is 12.8. The number of alkyl halides is 2.